The number of carbonyl (C=O) groups is 8. The minimum atomic E-state index is -1.31. The van der Waals surface area contributed by atoms with E-state index in [0.717, 1.165) is 11.1 Å². The van der Waals surface area contributed by atoms with Crippen molar-refractivity contribution in [1.82, 2.24) is 9.80 Å². The number of ether oxygens (including phenoxy) is 20. The van der Waals surface area contributed by atoms with Gasteiger partial charge in [-0.2, -0.15) is 0 Å². The molecule has 32 nitrogen and oxygen atoms in total. The molecule has 0 saturated carbocycles. The van der Waals surface area contributed by atoms with Crippen molar-refractivity contribution in [3.05, 3.63) is 59.8 Å². The number of aliphatic hydroxyl groups excluding tert-OH is 2. The molecule has 0 amide bonds. The Kier molecular flexibility index (Phi) is 44.9. The van der Waals surface area contributed by atoms with Crippen molar-refractivity contribution in [3.8, 4) is 0 Å². The predicted molar refractivity (Wildman–Crippen MR) is 455 cm³/mol. The fourth-order valence-electron chi connectivity index (χ4n) is 18.1. The summed E-state index contributed by atoms with van der Waals surface area (Å²) in [4.78, 5) is 109. The van der Waals surface area contributed by atoms with Crippen molar-refractivity contribution in [2.24, 2.45) is 59.2 Å². The summed E-state index contributed by atoms with van der Waals surface area (Å²) in [6.07, 6.45) is -0.115. The molecule has 4 fully saturated rings. The molecule has 4 saturated heterocycles. The van der Waals surface area contributed by atoms with Crippen LogP contribution in [0.5, 0.6) is 0 Å². The summed E-state index contributed by atoms with van der Waals surface area (Å²) >= 11 is 0. The Morgan fingerprint density at radius 2 is 0.879 bits per heavy atom. The molecular weight excluding hydrogens is 1610 g/mol. The Morgan fingerprint density at radius 1 is 0.476 bits per heavy atom. The number of methoxy groups -OCH3 is 4. The zero-order chi connectivity index (χ0) is 92.3. The van der Waals surface area contributed by atoms with Crippen LogP contribution in [-0.2, 0) is 133 Å². The number of likely N-dealkylation sites (N-methyl/N-ethyl adjacent to an activating group) is 2. The first-order valence-corrected chi connectivity index (χ1v) is 44.3. The van der Waals surface area contributed by atoms with Crippen molar-refractivity contribution in [2.45, 2.75) is 323 Å². The SMILES string of the molecule is CC[C@H]1OC(=O)C[C@@H](O)[C@H](C)[C@@H](O[C@@H]2OC(C)[C@@H](OC(C)=O)C(N(C)C)C2OC(C)=O)[C@@H](CCO)C[C@@H](C)C(=O)/C=C/C(C)=C/[C@@H]1CO[C@@H]1OC(C)[C@@H](C)[C@H](OC)C1OC.CC[C@H]1OC(=O)C[C@H]2OC/C=C/COCC[C@@H](C[C@@H](C)C(=O)/C=C/C(C)=C/[C@@H]1CO[C@@H]1OC(C)[C@@H](C)[C@H](OC)C1OC)[C@H](O[C@@H]1OC(C)[C@@H](OC(C)=O)C(N(C)C)C1OC(C)=O)[C@H]2C. The van der Waals surface area contributed by atoms with Crippen molar-refractivity contribution in [1.29, 1.82) is 0 Å². The Balaban J connectivity index is 0.000000384. The molecule has 0 aliphatic carbocycles. The molecule has 2 N–H and O–H groups in total. The topological polar surface area (TPSA) is 368 Å². The molecule has 0 radical (unpaired) electrons. The van der Waals surface area contributed by atoms with E-state index >= 15 is 0 Å². The van der Waals surface area contributed by atoms with E-state index in [0.29, 0.717) is 38.9 Å². The van der Waals surface area contributed by atoms with Crippen LogP contribution in [0.3, 0.4) is 0 Å². The number of allylic oxidation sites excluding steroid dienone is 6. The Morgan fingerprint density at radius 3 is 1.29 bits per heavy atom. The van der Waals surface area contributed by atoms with Gasteiger partial charge in [0.1, 0.15) is 36.6 Å². The highest BCUT2D eigenvalue weighted by molar-refractivity contribution is 5.92. The van der Waals surface area contributed by atoms with Gasteiger partial charge in [0.05, 0.1) is 112 Å². The quantitative estimate of drug-likeness (QED) is 0.0516. The molecule has 0 aromatic carbocycles. The lowest BCUT2D eigenvalue weighted by molar-refractivity contribution is -0.308. The van der Waals surface area contributed by atoms with Gasteiger partial charge < -0.3 is 105 Å². The number of hydrogen-bond acceptors (Lipinski definition) is 32. The molecule has 0 aromatic rings. The van der Waals surface area contributed by atoms with Crippen LogP contribution < -0.4 is 0 Å². The number of nitrogens with zero attached hydrogens (tertiary/aromatic N) is 2. The average Bonchev–Trinajstić information content (AvgIpc) is 0.772. The largest absolute Gasteiger partial charge is 0.462 e. The lowest BCUT2D eigenvalue weighted by Gasteiger charge is -2.48. The van der Waals surface area contributed by atoms with Crippen LogP contribution in [0.25, 0.3) is 0 Å². The molecule has 7 aliphatic heterocycles. The zero-order valence-electron chi connectivity index (χ0n) is 78.4. The van der Waals surface area contributed by atoms with Crippen LogP contribution in [0.15, 0.2) is 59.8 Å². The summed E-state index contributed by atoms with van der Waals surface area (Å²) < 4.78 is 123. The van der Waals surface area contributed by atoms with Crippen LogP contribution in [-0.4, -0.2) is 311 Å². The molecule has 0 aromatic heterocycles. The van der Waals surface area contributed by atoms with E-state index < -0.39 is 206 Å². The van der Waals surface area contributed by atoms with Gasteiger partial charge >= 0.3 is 35.8 Å². The number of aliphatic hydroxyl groups is 2. The van der Waals surface area contributed by atoms with Gasteiger partial charge in [0.25, 0.3) is 0 Å². The maximum absolute atomic E-state index is 14.3. The summed E-state index contributed by atoms with van der Waals surface area (Å²) in [5.74, 6) is -7.61. The third-order valence-corrected chi connectivity index (χ3v) is 25.3. The second kappa shape index (κ2) is 52.1. The van der Waals surface area contributed by atoms with E-state index in [1.54, 1.807) is 107 Å². The molecule has 7 aliphatic rings. The van der Waals surface area contributed by atoms with Gasteiger partial charge in [0, 0.05) is 117 Å². The monoisotopic (exact) mass is 1760 g/mol. The minimum absolute atomic E-state index is 0.0421. The van der Waals surface area contributed by atoms with Crippen LogP contribution in [0, 0.1) is 59.2 Å². The van der Waals surface area contributed by atoms with E-state index in [4.69, 9.17) is 94.7 Å². The lowest BCUT2D eigenvalue weighted by Crippen LogP contribution is -2.65. The number of carbonyl (C=O) groups excluding carboxylic acids is 8. The second-order valence-electron chi connectivity index (χ2n) is 35.1. The van der Waals surface area contributed by atoms with Crippen molar-refractivity contribution < 1.29 is 143 Å². The summed E-state index contributed by atoms with van der Waals surface area (Å²) in [6.45, 7) is 32.4. The smallest absolute Gasteiger partial charge is 0.308 e. The third-order valence-electron chi connectivity index (χ3n) is 25.3. The lowest BCUT2D eigenvalue weighted by atomic mass is 9.79. The van der Waals surface area contributed by atoms with E-state index in [1.165, 1.54) is 33.8 Å². The van der Waals surface area contributed by atoms with Crippen LogP contribution in [0.4, 0.5) is 0 Å². The minimum Gasteiger partial charge on any atom is -0.462 e. The van der Waals surface area contributed by atoms with Gasteiger partial charge in [0.15, 0.2) is 48.9 Å². The molecule has 708 valence electrons. The van der Waals surface area contributed by atoms with Crippen LogP contribution in [0.2, 0.25) is 0 Å². The number of cyclic esters (lactones) is 2. The molecule has 124 heavy (non-hydrogen) atoms. The van der Waals surface area contributed by atoms with Gasteiger partial charge in [-0.15, -0.1) is 0 Å². The molecule has 7 rings (SSSR count). The highest BCUT2D eigenvalue weighted by Crippen LogP contribution is 2.41. The van der Waals surface area contributed by atoms with E-state index in [1.807, 2.05) is 91.5 Å². The van der Waals surface area contributed by atoms with E-state index in [9.17, 15) is 48.6 Å². The Hall–Kier alpha value is -5.86. The molecule has 10 unspecified atom stereocenters. The van der Waals surface area contributed by atoms with Crippen molar-refractivity contribution in [2.75, 3.05) is 96.3 Å². The standard InChI is InChI=1S/C48H77NO15.C44H73NO15/c1-14-38-36(26-58-47-46(55-13)43(54-12)29(4)31(6)59-47)23-27(2)17-18-37(52)28(3)24-35-19-22-56-20-15-16-21-57-39(25-40(53)63-38)30(5)42(35)64-48-45(62-34(9)51)41(49(10)11)44(32(7)60-48)61-33(8)50;1-14-35-32(22-54-43-42(53-13)39(52-12)25(4)27(6)55-43)19-23(2)15-16-33(49)24(3)20-31(17-18-46)38(26(5)34(50)21-36(51)59-35)60-44-41(58-30(9)48)37(45(10)11)40(28(7)56-44)57-29(8)47/h15-18,23,28-32,35-36,38-39,41-48H,14,19-22,24-26H2,1-13H3;15-16,19,24-28,31-32,34-35,37-44,46,50H,14,17-18,20-22H2,1-13H3/b16-15+,18-17+,27-23+;16-15+,23-19+/t28-,29-,30+,31?,32?,35+,36-,38-,39-,41?,42-,43+,44-,45?,46?,47-,48+;24-,25-,26+,27?,28?,31+,32-,34-,35-,37?,38-,39+,40-,41?,42?,43-,44+/m11/s1. The first kappa shape index (κ1) is 107. The predicted octanol–water partition coefficient (Wildman–Crippen LogP) is 9.16. The fourth-order valence-corrected chi connectivity index (χ4v) is 18.1. The van der Waals surface area contributed by atoms with Gasteiger partial charge in [0.2, 0.25) is 0 Å². The van der Waals surface area contributed by atoms with Crippen molar-refractivity contribution >= 4 is 47.4 Å². The third kappa shape index (κ3) is 30.6. The number of hydrogen-bond donors (Lipinski definition) is 2. The number of rotatable bonds is 24. The molecule has 0 spiro atoms. The molecule has 34 atom stereocenters. The number of esters is 6. The summed E-state index contributed by atoms with van der Waals surface area (Å²) in [5, 5.41) is 22.1. The summed E-state index contributed by atoms with van der Waals surface area (Å²) in [6, 6.07) is -1.35. The molecular formula is C92H150N2O30. The maximum Gasteiger partial charge on any atom is 0.308 e. The molecule has 2 bridgehead atoms. The first-order chi connectivity index (χ1) is 58.7. The van der Waals surface area contributed by atoms with E-state index in [2.05, 4.69) is 6.92 Å². The Labute approximate surface area is 735 Å². The molecule has 7 heterocycles. The highest BCUT2D eigenvalue weighted by Gasteiger charge is 2.55. The number of fused-ring (bicyclic) bond motifs is 3. The molecule has 32 heteroatoms. The fraction of sp³-hybridized carbons (Fsp3) is 0.804. The highest BCUT2D eigenvalue weighted by atomic mass is 16.7. The van der Waals surface area contributed by atoms with Gasteiger partial charge in [-0.1, -0.05) is 103 Å². The normalized spacial score (nSPS) is 40.4. The summed E-state index contributed by atoms with van der Waals surface area (Å²) in [7, 11) is 13.6. The van der Waals surface area contributed by atoms with Crippen molar-refractivity contribution in [3.63, 3.8) is 0 Å². The Bertz CT molecular complexity index is 3500. The van der Waals surface area contributed by atoms with Gasteiger partial charge in [-0.3, -0.25) is 48.2 Å². The van der Waals surface area contributed by atoms with Crippen LogP contribution >= 0.6 is 0 Å². The summed E-state index contributed by atoms with van der Waals surface area (Å²) in [5.41, 5.74) is 1.53. The maximum atomic E-state index is 14.3. The number of ketones is 2. The zero-order valence-corrected chi connectivity index (χ0v) is 78.4. The first-order valence-electron chi connectivity index (χ1n) is 44.3. The van der Waals surface area contributed by atoms with E-state index in [-0.39, 0.29) is 99.4 Å². The van der Waals surface area contributed by atoms with Gasteiger partial charge in [-0.25, -0.2) is 0 Å². The van der Waals surface area contributed by atoms with Gasteiger partial charge in [-0.05, 0) is 132 Å². The van der Waals surface area contributed by atoms with Crippen LogP contribution in [0.1, 0.15) is 176 Å². The second-order valence-corrected chi connectivity index (χ2v) is 35.1. The average molecular weight is 1760 g/mol.